The lowest BCUT2D eigenvalue weighted by molar-refractivity contribution is -0.150. The summed E-state index contributed by atoms with van der Waals surface area (Å²) in [4.78, 5) is 34.2. The summed E-state index contributed by atoms with van der Waals surface area (Å²) in [5.74, 6) is -0.325. The van der Waals surface area contributed by atoms with Gasteiger partial charge in [-0.2, -0.15) is 4.98 Å². The quantitative estimate of drug-likeness (QED) is 0.153. The normalized spacial score (nSPS) is 12.5. The van der Waals surface area contributed by atoms with Gasteiger partial charge in [-0.25, -0.2) is 4.98 Å². The molecule has 0 saturated heterocycles. The number of unbranched alkanes of at least 4 members (excludes halogenated alkanes) is 9. The number of rotatable bonds is 19. The Balaban J connectivity index is 1.53. The zero-order valence-electron chi connectivity index (χ0n) is 20.9. The second-order valence-electron chi connectivity index (χ2n) is 8.75. The number of ether oxygens (including phenoxy) is 2. The largest absolute Gasteiger partial charge is 0.463 e. The lowest BCUT2D eigenvalue weighted by atomic mass is 10.1. The van der Waals surface area contributed by atoms with Crippen LogP contribution in [0.3, 0.4) is 0 Å². The van der Waals surface area contributed by atoms with Crippen molar-refractivity contribution in [3.8, 4) is 0 Å². The van der Waals surface area contributed by atoms with Crippen molar-refractivity contribution in [2.45, 2.75) is 96.8 Å². The number of allylic oxidation sites excluding steroid dienone is 2. The molecule has 0 radical (unpaired) electrons. The van der Waals surface area contributed by atoms with Gasteiger partial charge >= 0.3 is 5.97 Å². The Kier molecular flexibility index (Phi) is 13.7. The Hall–Kier alpha value is -2.72. The molecule has 0 fully saturated rings. The maximum atomic E-state index is 12.0. The predicted octanol–water partition coefficient (Wildman–Crippen LogP) is 3.84. The number of carbonyl (C=O) groups is 1. The Labute approximate surface area is 206 Å². The number of imidazole rings is 1. The summed E-state index contributed by atoms with van der Waals surface area (Å²) in [5.41, 5.74) is 5.55. The lowest BCUT2D eigenvalue weighted by Crippen LogP contribution is -2.26. The minimum absolute atomic E-state index is 0.0246. The number of nitrogens with one attached hydrogen (secondary N) is 1. The molecule has 2 aromatic heterocycles. The number of esters is 1. The van der Waals surface area contributed by atoms with E-state index in [-0.39, 0.29) is 43.0 Å². The molecule has 4 N–H and O–H groups in total. The van der Waals surface area contributed by atoms with E-state index in [9.17, 15) is 14.7 Å². The standard InChI is InChI=1S/C25H41N5O5/c1-2-3-4-5-6-7-8-9-10-11-12-13-14-15-21(32)34-17-20(16-31)35-19-30-18-27-22-23(30)28-25(26)29-24(22)33/h7-8,18,20,31H,2-6,9-17,19H2,1H3,(H3,26,28,29,33). The maximum Gasteiger partial charge on any atom is 0.305 e. The van der Waals surface area contributed by atoms with Crippen LogP contribution < -0.4 is 11.3 Å². The number of carbonyl (C=O) groups excluding carboxylic acids is 1. The van der Waals surface area contributed by atoms with Gasteiger partial charge in [-0.15, -0.1) is 0 Å². The van der Waals surface area contributed by atoms with Gasteiger partial charge in [0.25, 0.3) is 5.56 Å². The number of H-pyrrole nitrogens is 1. The molecule has 10 nitrogen and oxygen atoms in total. The van der Waals surface area contributed by atoms with Crippen molar-refractivity contribution in [2.24, 2.45) is 0 Å². The van der Waals surface area contributed by atoms with Gasteiger partial charge in [0.1, 0.15) is 19.4 Å². The van der Waals surface area contributed by atoms with E-state index >= 15 is 0 Å². The molecule has 0 amide bonds. The third-order valence-electron chi connectivity index (χ3n) is 5.72. The Morgan fingerprint density at radius 3 is 2.54 bits per heavy atom. The van der Waals surface area contributed by atoms with E-state index in [0.717, 1.165) is 25.7 Å². The molecule has 0 aliphatic heterocycles. The third-order valence-corrected chi connectivity index (χ3v) is 5.72. The lowest BCUT2D eigenvalue weighted by Gasteiger charge is -2.16. The fourth-order valence-corrected chi connectivity index (χ4v) is 3.65. The zero-order valence-corrected chi connectivity index (χ0v) is 20.9. The smallest absolute Gasteiger partial charge is 0.305 e. The number of aliphatic hydroxyl groups excluding tert-OH is 1. The molecule has 0 aliphatic rings. The van der Waals surface area contributed by atoms with Crippen LogP contribution in [0.4, 0.5) is 5.95 Å². The SMILES string of the molecule is CCCCCCC=CCCCCCCCC(=O)OCC(CO)OCn1cnc2c(=O)[nH]c(N)nc21. The highest BCUT2D eigenvalue weighted by Gasteiger charge is 2.14. The van der Waals surface area contributed by atoms with Crippen molar-refractivity contribution >= 4 is 23.1 Å². The van der Waals surface area contributed by atoms with Crippen LogP contribution in [0.15, 0.2) is 23.3 Å². The van der Waals surface area contributed by atoms with Crippen LogP contribution in [-0.4, -0.2) is 49.9 Å². The molecule has 0 aliphatic carbocycles. The summed E-state index contributed by atoms with van der Waals surface area (Å²) < 4.78 is 12.3. The van der Waals surface area contributed by atoms with Gasteiger partial charge < -0.3 is 20.3 Å². The molecular formula is C25H41N5O5. The zero-order chi connectivity index (χ0) is 25.3. The second kappa shape index (κ2) is 16.8. The van der Waals surface area contributed by atoms with Crippen molar-refractivity contribution in [1.82, 2.24) is 19.5 Å². The summed E-state index contributed by atoms with van der Waals surface area (Å²) in [5, 5.41) is 9.53. The van der Waals surface area contributed by atoms with Crippen LogP contribution in [0.2, 0.25) is 0 Å². The van der Waals surface area contributed by atoms with Crippen molar-refractivity contribution in [2.75, 3.05) is 18.9 Å². The average Bonchev–Trinajstić information content (AvgIpc) is 3.25. The van der Waals surface area contributed by atoms with Crippen LogP contribution in [0, 0.1) is 0 Å². The Morgan fingerprint density at radius 1 is 1.14 bits per heavy atom. The monoisotopic (exact) mass is 491 g/mol. The fourth-order valence-electron chi connectivity index (χ4n) is 3.65. The molecule has 35 heavy (non-hydrogen) atoms. The summed E-state index contributed by atoms with van der Waals surface area (Å²) in [7, 11) is 0. The van der Waals surface area contributed by atoms with E-state index in [4.69, 9.17) is 15.2 Å². The van der Waals surface area contributed by atoms with Gasteiger partial charge in [-0.05, 0) is 32.1 Å². The van der Waals surface area contributed by atoms with Crippen LogP contribution in [0.1, 0.15) is 84.0 Å². The minimum atomic E-state index is -0.699. The van der Waals surface area contributed by atoms with Crippen LogP contribution in [0.25, 0.3) is 11.2 Å². The van der Waals surface area contributed by atoms with Gasteiger partial charge in [0.2, 0.25) is 5.95 Å². The van der Waals surface area contributed by atoms with E-state index in [1.807, 2.05) is 0 Å². The Bertz CT molecular complexity index is 955. The molecule has 10 heteroatoms. The summed E-state index contributed by atoms with van der Waals surface area (Å²) in [6, 6.07) is 0. The van der Waals surface area contributed by atoms with Gasteiger partial charge in [-0.1, -0.05) is 57.6 Å². The number of aliphatic hydroxyl groups is 1. The van der Waals surface area contributed by atoms with Gasteiger partial charge in [-0.3, -0.25) is 19.1 Å². The molecule has 1 unspecified atom stereocenters. The van der Waals surface area contributed by atoms with E-state index in [1.165, 1.54) is 55.8 Å². The number of aromatic amines is 1. The number of nitrogen functional groups attached to an aromatic ring is 1. The molecular weight excluding hydrogens is 450 g/mol. The highest BCUT2D eigenvalue weighted by atomic mass is 16.6. The fraction of sp³-hybridized carbons (Fsp3) is 0.680. The molecule has 2 heterocycles. The first-order valence-electron chi connectivity index (χ1n) is 12.8. The number of anilines is 1. The number of nitrogens with two attached hydrogens (primary N) is 1. The molecule has 2 rings (SSSR count). The molecule has 0 aromatic carbocycles. The topological polar surface area (TPSA) is 145 Å². The first-order valence-corrected chi connectivity index (χ1v) is 12.8. The van der Waals surface area contributed by atoms with E-state index < -0.39 is 11.7 Å². The van der Waals surface area contributed by atoms with Crippen LogP contribution in [-0.2, 0) is 21.0 Å². The van der Waals surface area contributed by atoms with Gasteiger partial charge in [0.15, 0.2) is 11.2 Å². The summed E-state index contributed by atoms with van der Waals surface area (Å²) in [6.45, 7) is 1.84. The number of aromatic nitrogens is 4. The highest BCUT2D eigenvalue weighted by molar-refractivity contribution is 5.70. The van der Waals surface area contributed by atoms with E-state index in [2.05, 4.69) is 34.0 Å². The highest BCUT2D eigenvalue weighted by Crippen LogP contribution is 2.10. The molecule has 0 saturated carbocycles. The average molecular weight is 492 g/mol. The number of fused-ring (bicyclic) bond motifs is 1. The van der Waals surface area contributed by atoms with E-state index in [1.54, 1.807) is 0 Å². The molecule has 0 bridgehead atoms. The van der Waals surface area contributed by atoms with Crippen molar-refractivity contribution < 1.29 is 19.4 Å². The molecule has 1 atom stereocenters. The summed E-state index contributed by atoms with van der Waals surface area (Å²) >= 11 is 0. The van der Waals surface area contributed by atoms with Crippen LogP contribution in [0.5, 0.6) is 0 Å². The second-order valence-corrected chi connectivity index (χ2v) is 8.75. The van der Waals surface area contributed by atoms with E-state index in [0.29, 0.717) is 6.42 Å². The molecule has 2 aromatic rings. The predicted molar refractivity (Wildman–Crippen MR) is 136 cm³/mol. The molecule has 0 spiro atoms. The molecule has 196 valence electrons. The third kappa shape index (κ3) is 11.0. The van der Waals surface area contributed by atoms with Crippen LogP contribution >= 0.6 is 0 Å². The van der Waals surface area contributed by atoms with Crippen molar-refractivity contribution in [3.05, 3.63) is 28.8 Å². The minimum Gasteiger partial charge on any atom is -0.463 e. The maximum absolute atomic E-state index is 12.0. The van der Waals surface area contributed by atoms with Gasteiger partial charge in [0, 0.05) is 6.42 Å². The first-order chi connectivity index (χ1) is 17.0. The van der Waals surface area contributed by atoms with Gasteiger partial charge in [0.05, 0.1) is 12.9 Å². The summed E-state index contributed by atoms with van der Waals surface area (Å²) in [6.07, 6.45) is 18.5. The van der Waals surface area contributed by atoms with Crippen molar-refractivity contribution in [1.29, 1.82) is 0 Å². The van der Waals surface area contributed by atoms with Crippen molar-refractivity contribution in [3.63, 3.8) is 0 Å². The number of hydrogen-bond donors (Lipinski definition) is 3. The Morgan fingerprint density at radius 2 is 1.83 bits per heavy atom. The number of hydrogen-bond acceptors (Lipinski definition) is 8. The first kappa shape index (κ1) is 28.5. The number of nitrogens with zero attached hydrogens (tertiary/aromatic N) is 3.